The number of β-amino-alcohol motifs (C(OH)–C–C–N with tert-alkyl or cyclic N) is 1. The van der Waals surface area contributed by atoms with Gasteiger partial charge in [0.1, 0.15) is 0 Å². The standard InChI is InChI=1S/C12H24N2O/c1-13-12-7-11(6-10-2-3-10)8-14(9-12)4-5-15/h10-13,15H,2-9H2,1H3. The van der Waals surface area contributed by atoms with E-state index < -0.39 is 0 Å². The maximum atomic E-state index is 9.00. The molecule has 3 nitrogen and oxygen atoms in total. The zero-order valence-electron chi connectivity index (χ0n) is 9.78. The van der Waals surface area contributed by atoms with Crippen LogP contribution in [0.25, 0.3) is 0 Å². The van der Waals surface area contributed by atoms with Gasteiger partial charge in [0.2, 0.25) is 0 Å². The van der Waals surface area contributed by atoms with Gasteiger partial charge in [-0.3, -0.25) is 4.90 Å². The van der Waals surface area contributed by atoms with Gasteiger partial charge in [0.25, 0.3) is 0 Å². The van der Waals surface area contributed by atoms with Crippen LogP contribution in [0.4, 0.5) is 0 Å². The first-order valence-corrected chi connectivity index (χ1v) is 6.32. The highest BCUT2D eigenvalue weighted by molar-refractivity contribution is 4.86. The van der Waals surface area contributed by atoms with Gasteiger partial charge in [-0.15, -0.1) is 0 Å². The van der Waals surface area contributed by atoms with E-state index in [-0.39, 0.29) is 0 Å². The molecule has 0 spiro atoms. The van der Waals surface area contributed by atoms with E-state index >= 15 is 0 Å². The summed E-state index contributed by atoms with van der Waals surface area (Å²) >= 11 is 0. The summed E-state index contributed by atoms with van der Waals surface area (Å²) in [5, 5.41) is 12.4. The number of hydrogen-bond acceptors (Lipinski definition) is 3. The Morgan fingerprint density at radius 2 is 2.07 bits per heavy atom. The van der Waals surface area contributed by atoms with E-state index in [0.29, 0.717) is 12.6 Å². The lowest BCUT2D eigenvalue weighted by Crippen LogP contribution is -2.49. The maximum Gasteiger partial charge on any atom is 0.0558 e. The van der Waals surface area contributed by atoms with Crippen molar-refractivity contribution in [3.05, 3.63) is 0 Å². The first-order chi connectivity index (χ1) is 7.31. The first kappa shape index (κ1) is 11.4. The predicted octanol–water partition coefficient (Wildman–Crippen LogP) is 0.689. The summed E-state index contributed by atoms with van der Waals surface area (Å²) in [5.74, 6) is 1.89. The van der Waals surface area contributed by atoms with Crippen molar-refractivity contribution < 1.29 is 5.11 Å². The van der Waals surface area contributed by atoms with Crippen molar-refractivity contribution >= 4 is 0 Å². The van der Waals surface area contributed by atoms with Crippen LogP contribution in [0.5, 0.6) is 0 Å². The third kappa shape index (κ3) is 3.44. The number of aliphatic hydroxyl groups is 1. The fraction of sp³-hybridized carbons (Fsp3) is 1.00. The zero-order chi connectivity index (χ0) is 10.7. The van der Waals surface area contributed by atoms with Crippen molar-refractivity contribution in [1.82, 2.24) is 10.2 Å². The number of nitrogens with zero attached hydrogens (tertiary/aromatic N) is 1. The second kappa shape index (κ2) is 5.28. The van der Waals surface area contributed by atoms with Crippen molar-refractivity contribution in [1.29, 1.82) is 0 Å². The Labute approximate surface area is 92.8 Å². The topological polar surface area (TPSA) is 35.5 Å². The van der Waals surface area contributed by atoms with Crippen LogP contribution in [-0.4, -0.2) is 49.3 Å². The lowest BCUT2D eigenvalue weighted by atomic mass is 9.90. The summed E-state index contributed by atoms with van der Waals surface area (Å²) in [6, 6.07) is 0.633. The number of piperidine rings is 1. The molecule has 1 aliphatic heterocycles. The van der Waals surface area contributed by atoms with Gasteiger partial charge in [-0.2, -0.15) is 0 Å². The Morgan fingerprint density at radius 1 is 1.27 bits per heavy atom. The van der Waals surface area contributed by atoms with Gasteiger partial charge in [0, 0.05) is 25.7 Å². The molecule has 0 aromatic carbocycles. The highest BCUT2D eigenvalue weighted by atomic mass is 16.3. The minimum Gasteiger partial charge on any atom is -0.395 e. The quantitative estimate of drug-likeness (QED) is 0.704. The van der Waals surface area contributed by atoms with Gasteiger partial charge in [-0.1, -0.05) is 12.8 Å². The molecule has 2 atom stereocenters. The third-order valence-electron chi connectivity index (χ3n) is 3.80. The zero-order valence-corrected chi connectivity index (χ0v) is 9.78. The van der Waals surface area contributed by atoms with Gasteiger partial charge in [-0.25, -0.2) is 0 Å². The molecule has 2 fully saturated rings. The van der Waals surface area contributed by atoms with Crippen molar-refractivity contribution in [3.8, 4) is 0 Å². The van der Waals surface area contributed by atoms with Crippen LogP contribution in [0.3, 0.4) is 0 Å². The molecule has 0 amide bonds. The first-order valence-electron chi connectivity index (χ1n) is 6.32. The lowest BCUT2D eigenvalue weighted by Gasteiger charge is -2.37. The molecule has 1 aliphatic carbocycles. The largest absolute Gasteiger partial charge is 0.395 e. The number of likely N-dealkylation sites (tertiary alicyclic amines) is 1. The second-order valence-electron chi connectivity index (χ2n) is 5.25. The molecule has 15 heavy (non-hydrogen) atoms. The van der Waals surface area contributed by atoms with Crippen LogP contribution >= 0.6 is 0 Å². The normalized spacial score (nSPS) is 33.2. The molecule has 0 aromatic rings. The van der Waals surface area contributed by atoms with E-state index in [0.717, 1.165) is 24.9 Å². The van der Waals surface area contributed by atoms with Gasteiger partial charge in [-0.05, 0) is 31.7 Å². The second-order valence-corrected chi connectivity index (χ2v) is 5.25. The van der Waals surface area contributed by atoms with Crippen molar-refractivity contribution in [2.45, 2.75) is 31.7 Å². The number of aliphatic hydroxyl groups excluding tert-OH is 1. The van der Waals surface area contributed by atoms with E-state index in [1.165, 1.54) is 32.2 Å². The third-order valence-corrected chi connectivity index (χ3v) is 3.80. The van der Waals surface area contributed by atoms with Crippen LogP contribution in [-0.2, 0) is 0 Å². The summed E-state index contributed by atoms with van der Waals surface area (Å²) in [7, 11) is 2.06. The summed E-state index contributed by atoms with van der Waals surface area (Å²) in [6.07, 6.45) is 5.66. The summed E-state index contributed by atoms with van der Waals surface area (Å²) in [5.41, 5.74) is 0. The Kier molecular flexibility index (Phi) is 4.00. The molecule has 0 aromatic heterocycles. The minimum absolute atomic E-state index is 0.298. The molecular formula is C12H24N2O. The number of rotatable bonds is 5. The van der Waals surface area contributed by atoms with Crippen LogP contribution in [0.1, 0.15) is 25.7 Å². The smallest absolute Gasteiger partial charge is 0.0558 e. The van der Waals surface area contributed by atoms with E-state index in [9.17, 15) is 0 Å². The molecule has 1 saturated carbocycles. The Morgan fingerprint density at radius 3 is 2.67 bits per heavy atom. The monoisotopic (exact) mass is 212 g/mol. The molecule has 3 heteroatoms. The Bertz CT molecular complexity index is 194. The summed E-state index contributed by atoms with van der Waals surface area (Å²) in [4.78, 5) is 2.41. The molecule has 2 N–H and O–H groups in total. The van der Waals surface area contributed by atoms with Gasteiger partial charge >= 0.3 is 0 Å². The van der Waals surface area contributed by atoms with Crippen LogP contribution in [0.2, 0.25) is 0 Å². The molecule has 2 unspecified atom stereocenters. The predicted molar refractivity (Wildman–Crippen MR) is 61.8 cm³/mol. The molecule has 88 valence electrons. The van der Waals surface area contributed by atoms with Crippen LogP contribution < -0.4 is 5.32 Å². The van der Waals surface area contributed by atoms with Crippen LogP contribution in [0, 0.1) is 11.8 Å². The molecule has 0 radical (unpaired) electrons. The number of nitrogens with one attached hydrogen (secondary N) is 1. The van der Waals surface area contributed by atoms with Gasteiger partial charge in [0.15, 0.2) is 0 Å². The highest BCUT2D eigenvalue weighted by Gasteiger charge is 2.31. The SMILES string of the molecule is CNC1CC(CC2CC2)CN(CCO)C1. The average molecular weight is 212 g/mol. The molecule has 0 bridgehead atoms. The Hall–Kier alpha value is -0.120. The molecule has 1 heterocycles. The van der Waals surface area contributed by atoms with E-state index in [1.54, 1.807) is 0 Å². The van der Waals surface area contributed by atoms with Crippen LogP contribution in [0.15, 0.2) is 0 Å². The van der Waals surface area contributed by atoms with E-state index in [2.05, 4.69) is 17.3 Å². The van der Waals surface area contributed by atoms with Crippen molar-refractivity contribution in [2.24, 2.45) is 11.8 Å². The van der Waals surface area contributed by atoms with Gasteiger partial charge in [0.05, 0.1) is 6.61 Å². The van der Waals surface area contributed by atoms with Crippen molar-refractivity contribution in [2.75, 3.05) is 33.3 Å². The van der Waals surface area contributed by atoms with E-state index in [4.69, 9.17) is 5.11 Å². The average Bonchev–Trinajstić information content (AvgIpc) is 3.02. The minimum atomic E-state index is 0.298. The fourth-order valence-corrected chi connectivity index (χ4v) is 2.83. The maximum absolute atomic E-state index is 9.00. The summed E-state index contributed by atoms with van der Waals surface area (Å²) in [6.45, 7) is 3.46. The highest BCUT2D eigenvalue weighted by Crippen LogP contribution is 2.37. The molecular weight excluding hydrogens is 188 g/mol. The number of likely N-dealkylation sites (N-methyl/N-ethyl adjacent to an activating group) is 1. The number of hydrogen-bond donors (Lipinski definition) is 2. The lowest BCUT2D eigenvalue weighted by molar-refractivity contribution is 0.112. The summed E-state index contributed by atoms with van der Waals surface area (Å²) < 4.78 is 0. The van der Waals surface area contributed by atoms with Crippen molar-refractivity contribution in [3.63, 3.8) is 0 Å². The molecule has 1 saturated heterocycles. The fourth-order valence-electron chi connectivity index (χ4n) is 2.83. The van der Waals surface area contributed by atoms with E-state index in [1.807, 2.05) is 0 Å². The molecule has 2 rings (SSSR count). The Balaban J connectivity index is 1.81. The molecule has 2 aliphatic rings. The van der Waals surface area contributed by atoms with Gasteiger partial charge < -0.3 is 10.4 Å².